The topological polar surface area (TPSA) is 77.9 Å². The molecule has 2 aliphatic rings. The van der Waals surface area contributed by atoms with Crippen LogP contribution in [0.25, 0.3) is 11.1 Å². The van der Waals surface area contributed by atoms with E-state index in [9.17, 15) is 19.5 Å². The second kappa shape index (κ2) is 9.47. The normalized spacial score (nSPS) is 19.6. The second-order valence-corrected chi connectivity index (χ2v) is 9.36. The number of rotatable bonds is 4. The number of benzene rings is 3. The van der Waals surface area contributed by atoms with E-state index in [1.165, 1.54) is 4.90 Å². The first kappa shape index (κ1) is 23.0. The van der Waals surface area contributed by atoms with Gasteiger partial charge in [-0.1, -0.05) is 72.8 Å². The lowest BCUT2D eigenvalue weighted by Crippen LogP contribution is -2.52. The molecule has 178 valence electrons. The molecule has 0 aromatic heterocycles. The molecule has 5 rings (SSSR count). The van der Waals surface area contributed by atoms with Crippen LogP contribution in [0.15, 0.2) is 84.9 Å². The van der Waals surface area contributed by atoms with Gasteiger partial charge in [0.15, 0.2) is 5.78 Å². The Morgan fingerprint density at radius 2 is 1.37 bits per heavy atom. The van der Waals surface area contributed by atoms with Crippen LogP contribution in [0.1, 0.15) is 35.2 Å². The van der Waals surface area contributed by atoms with Crippen molar-refractivity contribution in [3.8, 4) is 11.1 Å². The van der Waals surface area contributed by atoms with Crippen LogP contribution in [0.4, 0.5) is 0 Å². The smallest absolute Gasteiger partial charge is 0.254 e. The summed E-state index contributed by atoms with van der Waals surface area (Å²) < 4.78 is 0. The summed E-state index contributed by atoms with van der Waals surface area (Å²) in [6, 6.07) is 25.8. The fraction of sp³-hybridized carbons (Fsp3) is 0.276. The molecule has 2 fully saturated rings. The van der Waals surface area contributed by atoms with Crippen molar-refractivity contribution in [2.24, 2.45) is 0 Å². The number of carbonyl (C=O) groups excluding carboxylic acids is 3. The lowest BCUT2D eigenvalue weighted by atomic mass is 9.84. The van der Waals surface area contributed by atoms with Crippen molar-refractivity contribution in [3.63, 3.8) is 0 Å². The quantitative estimate of drug-likeness (QED) is 0.634. The van der Waals surface area contributed by atoms with E-state index in [4.69, 9.17) is 0 Å². The summed E-state index contributed by atoms with van der Waals surface area (Å²) in [6.07, 6.45) is 0.864. The largest absolute Gasteiger partial charge is 0.385 e. The maximum absolute atomic E-state index is 13.4. The van der Waals surface area contributed by atoms with E-state index in [0.717, 1.165) is 16.7 Å². The van der Waals surface area contributed by atoms with Gasteiger partial charge in [-0.05, 0) is 41.7 Å². The molecule has 0 radical (unpaired) electrons. The molecule has 3 aromatic rings. The summed E-state index contributed by atoms with van der Waals surface area (Å²) in [4.78, 5) is 42.1. The van der Waals surface area contributed by atoms with Crippen molar-refractivity contribution < 1.29 is 19.5 Å². The minimum atomic E-state index is -0.973. The number of aliphatic hydroxyl groups is 1. The summed E-state index contributed by atoms with van der Waals surface area (Å²) >= 11 is 0. The molecule has 2 aliphatic heterocycles. The number of amides is 2. The molecule has 2 saturated heterocycles. The van der Waals surface area contributed by atoms with Crippen molar-refractivity contribution in [3.05, 3.63) is 96.1 Å². The Labute approximate surface area is 204 Å². The van der Waals surface area contributed by atoms with E-state index >= 15 is 0 Å². The van der Waals surface area contributed by atoms with Gasteiger partial charge in [-0.15, -0.1) is 0 Å². The van der Waals surface area contributed by atoms with E-state index in [2.05, 4.69) is 0 Å². The maximum Gasteiger partial charge on any atom is 0.254 e. The molecule has 1 atom stereocenters. The number of Topliss-reactive ketones (excluding diaryl/α,β-unsaturated/α-hetero) is 1. The van der Waals surface area contributed by atoms with Crippen LogP contribution in [-0.2, 0) is 15.2 Å². The van der Waals surface area contributed by atoms with Crippen LogP contribution in [0.5, 0.6) is 0 Å². The molecule has 0 saturated carbocycles. The SMILES string of the molecule is O=C1C[C@@H](C(=O)N2CCC(O)(c3ccccc3)CC2)N(C(=O)c2ccc(-c3ccccc3)cc2)C1. The average Bonchev–Trinajstić information content (AvgIpc) is 3.31. The Morgan fingerprint density at radius 1 is 0.800 bits per heavy atom. The molecular formula is C29H28N2O4. The molecule has 3 aromatic carbocycles. The number of nitrogens with zero attached hydrogens (tertiary/aromatic N) is 2. The fourth-order valence-electron chi connectivity index (χ4n) is 5.07. The molecule has 35 heavy (non-hydrogen) atoms. The lowest BCUT2D eigenvalue weighted by Gasteiger charge is -2.40. The highest BCUT2D eigenvalue weighted by Crippen LogP contribution is 2.33. The Morgan fingerprint density at radius 3 is 2.00 bits per heavy atom. The van der Waals surface area contributed by atoms with E-state index in [0.29, 0.717) is 31.5 Å². The molecule has 0 bridgehead atoms. The van der Waals surface area contributed by atoms with Gasteiger partial charge in [0.2, 0.25) is 5.91 Å². The third kappa shape index (κ3) is 4.62. The number of hydrogen-bond acceptors (Lipinski definition) is 4. The zero-order chi connectivity index (χ0) is 24.4. The summed E-state index contributed by atoms with van der Waals surface area (Å²) in [6.45, 7) is 0.697. The summed E-state index contributed by atoms with van der Waals surface area (Å²) in [5.74, 6) is -0.651. The number of piperidine rings is 1. The Kier molecular flexibility index (Phi) is 6.22. The summed E-state index contributed by atoms with van der Waals surface area (Å²) in [7, 11) is 0. The fourth-order valence-corrected chi connectivity index (χ4v) is 5.07. The lowest BCUT2D eigenvalue weighted by molar-refractivity contribution is -0.140. The van der Waals surface area contributed by atoms with Gasteiger partial charge >= 0.3 is 0 Å². The number of carbonyl (C=O) groups is 3. The van der Waals surface area contributed by atoms with Gasteiger partial charge in [0.1, 0.15) is 6.04 Å². The van der Waals surface area contributed by atoms with Crippen LogP contribution in [0.3, 0.4) is 0 Å². The predicted octanol–water partition coefficient (Wildman–Crippen LogP) is 3.65. The highest BCUT2D eigenvalue weighted by Gasteiger charge is 2.43. The van der Waals surface area contributed by atoms with Crippen LogP contribution in [0, 0.1) is 0 Å². The minimum absolute atomic E-state index is 0.0339. The predicted molar refractivity (Wildman–Crippen MR) is 132 cm³/mol. The molecule has 0 unspecified atom stereocenters. The van der Waals surface area contributed by atoms with Crippen LogP contribution < -0.4 is 0 Å². The Bertz CT molecular complexity index is 1220. The van der Waals surface area contributed by atoms with Gasteiger partial charge in [-0.2, -0.15) is 0 Å². The van der Waals surface area contributed by atoms with Gasteiger partial charge < -0.3 is 14.9 Å². The molecule has 0 aliphatic carbocycles. The van der Waals surface area contributed by atoms with Crippen molar-refractivity contribution >= 4 is 17.6 Å². The van der Waals surface area contributed by atoms with E-state index in [1.807, 2.05) is 72.8 Å². The van der Waals surface area contributed by atoms with E-state index in [1.54, 1.807) is 17.0 Å². The van der Waals surface area contributed by atoms with Gasteiger partial charge in [0, 0.05) is 25.1 Å². The number of likely N-dealkylation sites (tertiary alicyclic amines) is 2. The van der Waals surface area contributed by atoms with E-state index in [-0.39, 0.29) is 30.6 Å². The van der Waals surface area contributed by atoms with Gasteiger partial charge in [-0.25, -0.2) is 0 Å². The van der Waals surface area contributed by atoms with Crippen LogP contribution in [-0.4, -0.2) is 58.2 Å². The Hall–Kier alpha value is -3.77. The van der Waals surface area contributed by atoms with Crippen molar-refractivity contribution in [2.75, 3.05) is 19.6 Å². The molecule has 6 heteroatoms. The first-order valence-corrected chi connectivity index (χ1v) is 12.0. The highest BCUT2D eigenvalue weighted by molar-refractivity contribution is 6.04. The van der Waals surface area contributed by atoms with Crippen molar-refractivity contribution in [1.29, 1.82) is 0 Å². The first-order valence-electron chi connectivity index (χ1n) is 12.0. The van der Waals surface area contributed by atoms with Gasteiger partial charge in [0.05, 0.1) is 12.1 Å². The molecule has 2 amide bonds. The first-order chi connectivity index (χ1) is 16.9. The molecule has 2 heterocycles. The second-order valence-electron chi connectivity index (χ2n) is 9.36. The third-order valence-corrected chi connectivity index (χ3v) is 7.14. The Balaban J connectivity index is 1.28. The average molecular weight is 469 g/mol. The molecular weight excluding hydrogens is 440 g/mol. The highest BCUT2D eigenvalue weighted by atomic mass is 16.3. The van der Waals surface area contributed by atoms with E-state index < -0.39 is 11.6 Å². The van der Waals surface area contributed by atoms with Gasteiger partial charge in [0.25, 0.3) is 5.91 Å². The molecule has 0 spiro atoms. The maximum atomic E-state index is 13.4. The van der Waals surface area contributed by atoms with Crippen LogP contribution in [0.2, 0.25) is 0 Å². The standard InChI is InChI=1S/C29H28N2O4/c32-25-19-26(28(34)30-17-15-29(35,16-18-30)24-9-5-2-6-10-24)31(20-25)27(33)23-13-11-22(12-14-23)21-7-3-1-4-8-21/h1-14,26,35H,15-20H2/t26-/m0/s1. The molecule has 6 nitrogen and oxygen atoms in total. The van der Waals surface area contributed by atoms with Crippen LogP contribution >= 0.6 is 0 Å². The molecule has 1 N–H and O–H groups in total. The van der Waals surface area contributed by atoms with Crippen molar-refractivity contribution in [2.45, 2.75) is 30.9 Å². The third-order valence-electron chi connectivity index (χ3n) is 7.14. The zero-order valence-electron chi connectivity index (χ0n) is 19.5. The zero-order valence-corrected chi connectivity index (χ0v) is 19.5. The summed E-state index contributed by atoms with van der Waals surface area (Å²) in [5, 5.41) is 11.1. The number of hydrogen-bond donors (Lipinski definition) is 1. The summed E-state index contributed by atoms with van der Waals surface area (Å²) in [5.41, 5.74) is 2.37. The van der Waals surface area contributed by atoms with Crippen molar-refractivity contribution in [1.82, 2.24) is 9.80 Å². The monoisotopic (exact) mass is 468 g/mol. The minimum Gasteiger partial charge on any atom is -0.385 e. The van der Waals surface area contributed by atoms with Gasteiger partial charge in [-0.3, -0.25) is 14.4 Å². The number of ketones is 1.